The van der Waals surface area contributed by atoms with Crippen LogP contribution in [0.3, 0.4) is 0 Å². The Labute approximate surface area is 121 Å². The smallest absolute Gasteiger partial charge is 0.143 e. The van der Waals surface area contributed by atoms with Crippen LogP contribution in [0.25, 0.3) is 10.9 Å². The molecule has 0 aliphatic rings. The number of benzene rings is 1. The Morgan fingerprint density at radius 2 is 2.06 bits per heavy atom. The fourth-order valence-electron chi connectivity index (χ4n) is 2.30. The zero-order chi connectivity index (χ0) is 13.3. The van der Waals surface area contributed by atoms with E-state index in [2.05, 4.69) is 63.4 Å². The number of nitrogens with zero attached hydrogens (tertiary/aromatic N) is 2. The van der Waals surface area contributed by atoms with Crippen molar-refractivity contribution in [2.45, 2.75) is 13.5 Å². The number of halogens is 1. The van der Waals surface area contributed by atoms with Crippen molar-refractivity contribution in [2.24, 2.45) is 7.05 Å². The predicted molar refractivity (Wildman–Crippen MR) is 82.7 cm³/mol. The number of carbonyl (C=O) groups is 1. The second-order valence-corrected chi connectivity index (χ2v) is 5.74. The summed E-state index contributed by atoms with van der Waals surface area (Å²) >= 11 is 2.38. The van der Waals surface area contributed by atoms with Gasteiger partial charge in [0.2, 0.25) is 0 Å². The number of ketones is 1. The first-order valence-corrected chi connectivity index (χ1v) is 6.98. The number of Topliss-reactive ketones (excluding diaryl/α,β-unsaturated/α-hetero) is 1. The molecule has 0 spiro atoms. The number of hydrogen-bond acceptors (Lipinski definition) is 2. The van der Waals surface area contributed by atoms with Gasteiger partial charge < -0.3 is 4.57 Å². The van der Waals surface area contributed by atoms with E-state index in [1.165, 1.54) is 20.2 Å². The van der Waals surface area contributed by atoms with E-state index in [1.54, 1.807) is 6.92 Å². The number of hydrogen-bond donors (Lipinski definition) is 0. The third-order valence-electron chi connectivity index (χ3n) is 3.05. The van der Waals surface area contributed by atoms with Gasteiger partial charge in [0.05, 0.1) is 10.2 Å². The second kappa shape index (κ2) is 5.40. The van der Waals surface area contributed by atoms with E-state index < -0.39 is 0 Å². The molecular formula is C14H17IN2O. The zero-order valence-electron chi connectivity index (χ0n) is 10.9. The molecule has 1 heterocycles. The van der Waals surface area contributed by atoms with Crippen LogP contribution in [0.5, 0.6) is 0 Å². The topological polar surface area (TPSA) is 25.2 Å². The third-order valence-corrected chi connectivity index (χ3v) is 4.43. The van der Waals surface area contributed by atoms with Crippen LogP contribution in [0, 0.1) is 3.70 Å². The minimum atomic E-state index is 0.202. The Kier molecular flexibility index (Phi) is 4.07. The minimum absolute atomic E-state index is 0.202. The van der Waals surface area contributed by atoms with Gasteiger partial charge in [-0.25, -0.2) is 0 Å². The molecule has 0 unspecified atom stereocenters. The molecule has 0 bridgehead atoms. The quantitative estimate of drug-likeness (QED) is 0.788. The maximum atomic E-state index is 11.1. The van der Waals surface area contributed by atoms with Gasteiger partial charge in [0.1, 0.15) is 5.78 Å². The van der Waals surface area contributed by atoms with Gasteiger partial charge in [-0.3, -0.25) is 9.69 Å². The van der Waals surface area contributed by atoms with E-state index in [4.69, 9.17) is 0 Å². The molecule has 2 rings (SSSR count). The van der Waals surface area contributed by atoms with Gasteiger partial charge in [-0.15, -0.1) is 0 Å². The molecule has 1 aromatic heterocycles. The van der Waals surface area contributed by atoms with Crippen molar-refractivity contribution in [3.8, 4) is 0 Å². The SMILES string of the molecule is CC(=O)CN(C)Cc1c(I)n(C)c2ccccc12. The minimum Gasteiger partial charge on any atom is -0.339 e. The van der Waals surface area contributed by atoms with Crippen LogP contribution >= 0.6 is 22.6 Å². The standard InChI is InChI=1S/C14H17IN2O/c1-10(18)8-16(2)9-12-11-6-4-5-7-13(11)17(3)14(12)15/h4-7H,8-9H2,1-3H3. The average molecular weight is 356 g/mol. The first kappa shape index (κ1) is 13.5. The number of likely N-dealkylation sites (N-methyl/N-ethyl adjacent to an activating group) is 1. The van der Waals surface area contributed by atoms with Crippen LogP contribution in [0.15, 0.2) is 24.3 Å². The van der Waals surface area contributed by atoms with Crippen LogP contribution in [0.2, 0.25) is 0 Å². The number of para-hydroxylation sites is 1. The van der Waals surface area contributed by atoms with E-state index in [-0.39, 0.29) is 5.78 Å². The molecule has 0 saturated heterocycles. The molecule has 0 radical (unpaired) electrons. The van der Waals surface area contributed by atoms with Crippen molar-refractivity contribution in [1.82, 2.24) is 9.47 Å². The molecule has 0 aliphatic heterocycles. The number of rotatable bonds is 4. The van der Waals surface area contributed by atoms with Crippen molar-refractivity contribution in [1.29, 1.82) is 0 Å². The molecule has 0 N–H and O–H groups in total. The fourth-order valence-corrected chi connectivity index (χ4v) is 3.02. The lowest BCUT2D eigenvalue weighted by molar-refractivity contribution is -0.117. The Bertz CT molecular complexity index is 589. The van der Waals surface area contributed by atoms with Gasteiger partial charge in [0.15, 0.2) is 0 Å². The van der Waals surface area contributed by atoms with Crippen molar-refractivity contribution < 1.29 is 4.79 Å². The maximum absolute atomic E-state index is 11.1. The van der Waals surface area contributed by atoms with Crippen LogP contribution < -0.4 is 0 Å². The summed E-state index contributed by atoms with van der Waals surface area (Å²) in [7, 11) is 4.07. The molecule has 0 atom stereocenters. The first-order valence-electron chi connectivity index (χ1n) is 5.90. The van der Waals surface area contributed by atoms with E-state index in [0.29, 0.717) is 6.54 Å². The summed E-state index contributed by atoms with van der Waals surface area (Å²) in [5.74, 6) is 0.202. The largest absolute Gasteiger partial charge is 0.339 e. The number of fused-ring (bicyclic) bond motifs is 1. The highest BCUT2D eigenvalue weighted by Crippen LogP contribution is 2.27. The molecule has 3 nitrogen and oxygen atoms in total. The van der Waals surface area contributed by atoms with E-state index in [0.717, 1.165) is 6.54 Å². The number of carbonyl (C=O) groups excluding carboxylic acids is 1. The summed E-state index contributed by atoms with van der Waals surface area (Å²) in [4.78, 5) is 13.2. The van der Waals surface area contributed by atoms with Crippen molar-refractivity contribution in [3.05, 3.63) is 33.5 Å². The molecule has 0 fully saturated rings. The van der Waals surface area contributed by atoms with Gasteiger partial charge in [0.25, 0.3) is 0 Å². The summed E-state index contributed by atoms with van der Waals surface area (Å²) < 4.78 is 3.44. The molecule has 18 heavy (non-hydrogen) atoms. The molecule has 0 aliphatic carbocycles. The lowest BCUT2D eigenvalue weighted by Gasteiger charge is -2.14. The summed E-state index contributed by atoms with van der Waals surface area (Å²) in [5, 5.41) is 1.28. The molecule has 4 heteroatoms. The Hall–Kier alpha value is -0.880. The monoisotopic (exact) mass is 356 g/mol. The molecule has 0 amide bonds. The molecule has 0 saturated carbocycles. The maximum Gasteiger partial charge on any atom is 0.143 e. The van der Waals surface area contributed by atoms with E-state index >= 15 is 0 Å². The second-order valence-electron chi connectivity index (χ2n) is 4.72. The summed E-state index contributed by atoms with van der Waals surface area (Å²) in [6, 6.07) is 8.40. The van der Waals surface area contributed by atoms with Crippen LogP contribution in [0.4, 0.5) is 0 Å². The predicted octanol–water partition coefficient (Wildman–Crippen LogP) is 2.80. The Balaban J connectivity index is 2.38. The lowest BCUT2D eigenvalue weighted by Crippen LogP contribution is -2.24. The fraction of sp³-hybridized carbons (Fsp3) is 0.357. The summed E-state index contributed by atoms with van der Waals surface area (Å²) in [6.45, 7) is 2.93. The Morgan fingerprint density at radius 3 is 2.72 bits per heavy atom. The van der Waals surface area contributed by atoms with E-state index in [9.17, 15) is 4.79 Å². The van der Waals surface area contributed by atoms with Crippen molar-refractivity contribution >= 4 is 39.3 Å². The lowest BCUT2D eigenvalue weighted by atomic mass is 10.1. The highest BCUT2D eigenvalue weighted by Gasteiger charge is 2.14. The highest BCUT2D eigenvalue weighted by molar-refractivity contribution is 14.1. The average Bonchev–Trinajstić information content (AvgIpc) is 2.54. The molecule has 2 aromatic rings. The zero-order valence-corrected chi connectivity index (χ0v) is 13.1. The van der Waals surface area contributed by atoms with E-state index in [1.807, 2.05) is 7.05 Å². The Morgan fingerprint density at radius 1 is 1.39 bits per heavy atom. The molecule has 1 aromatic carbocycles. The van der Waals surface area contributed by atoms with Gasteiger partial charge in [-0.1, -0.05) is 18.2 Å². The van der Waals surface area contributed by atoms with Gasteiger partial charge >= 0.3 is 0 Å². The highest BCUT2D eigenvalue weighted by atomic mass is 127. The van der Waals surface area contributed by atoms with Gasteiger partial charge in [0, 0.05) is 30.1 Å². The van der Waals surface area contributed by atoms with Crippen LogP contribution in [-0.2, 0) is 18.4 Å². The summed E-state index contributed by atoms with van der Waals surface area (Å²) in [5.41, 5.74) is 2.55. The third kappa shape index (κ3) is 2.59. The van der Waals surface area contributed by atoms with Gasteiger partial charge in [-0.2, -0.15) is 0 Å². The number of aromatic nitrogens is 1. The number of aryl methyl sites for hydroxylation is 1. The van der Waals surface area contributed by atoms with Crippen LogP contribution in [0.1, 0.15) is 12.5 Å². The summed E-state index contributed by atoms with van der Waals surface area (Å²) in [6.07, 6.45) is 0. The van der Waals surface area contributed by atoms with Crippen molar-refractivity contribution in [3.63, 3.8) is 0 Å². The molecule has 96 valence electrons. The molecular weight excluding hydrogens is 339 g/mol. The normalized spacial score (nSPS) is 11.4. The van der Waals surface area contributed by atoms with Gasteiger partial charge in [-0.05, 0) is 42.6 Å². The first-order chi connectivity index (χ1) is 8.50. The van der Waals surface area contributed by atoms with Crippen LogP contribution in [-0.4, -0.2) is 28.8 Å². The van der Waals surface area contributed by atoms with Crippen molar-refractivity contribution in [2.75, 3.05) is 13.6 Å².